The van der Waals surface area contributed by atoms with Crippen molar-refractivity contribution in [3.05, 3.63) is 97.1 Å². The third-order valence-electron chi connectivity index (χ3n) is 4.32. The summed E-state index contributed by atoms with van der Waals surface area (Å²) in [5.41, 5.74) is 3.48. The van der Waals surface area contributed by atoms with Crippen molar-refractivity contribution in [2.75, 3.05) is 0 Å². The number of rotatable bonds is 4. The fourth-order valence-corrected chi connectivity index (χ4v) is 3.02. The Labute approximate surface area is 157 Å². The Hall–Kier alpha value is -3.72. The first-order valence-corrected chi connectivity index (χ1v) is 8.65. The van der Waals surface area contributed by atoms with Crippen molar-refractivity contribution < 1.29 is 14.9 Å². The highest BCUT2D eigenvalue weighted by molar-refractivity contribution is 5.75. The molecule has 0 aliphatic carbocycles. The van der Waals surface area contributed by atoms with Gasteiger partial charge >= 0.3 is 0 Å². The second-order valence-corrected chi connectivity index (χ2v) is 6.20. The van der Waals surface area contributed by atoms with Crippen molar-refractivity contribution in [1.82, 2.24) is 0 Å². The molecule has 0 aromatic heterocycles. The summed E-state index contributed by atoms with van der Waals surface area (Å²) in [4.78, 5) is 0. The highest BCUT2D eigenvalue weighted by Gasteiger charge is 2.13. The van der Waals surface area contributed by atoms with Crippen LogP contribution in [0.5, 0.6) is 23.0 Å². The Kier molecular flexibility index (Phi) is 4.50. The zero-order valence-electron chi connectivity index (χ0n) is 14.5. The van der Waals surface area contributed by atoms with E-state index in [9.17, 15) is 10.2 Å². The summed E-state index contributed by atoms with van der Waals surface area (Å²) in [5.74, 6) is 1.61. The molecule has 4 rings (SSSR count). The van der Waals surface area contributed by atoms with Gasteiger partial charge in [-0.3, -0.25) is 0 Å². The van der Waals surface area contributed by atoms with Crippen molar-refractivity contribution >= 4 is 0 Å². The van der Waals surface area contributed by atoms with Crippen LogP contribution in [0.4, 0.5) is 0 Å². The van der Waals surface area contributed by atoms with Crippen LogP contribution in [0.2, 0.25) is 0 Å². The van der Waals surface area contributed by atoms with E-state index in [1.54, 1.807) is 36.4 Å². The maximum atomic E-state index is 9.95. The molecule has 0 unspecified atom stereocenters. The number of benzene rings is 4. The minimum atomic E-state index is 0.176. The molecule has 0 bridgehead atoms. The molecule has 132 valence electrons. The Balaban J connectivity index is 1.80. The van der Waals surface area contributed by atoms with Crippen LogP contribution >= 0.6 is 0 Å². The standard InChI is InChI=1S/C24H18O3/c25-19-11-13-23(21(15-19)17-7-3-1-4-8-17)27-24-14-12-20(26)16-22(24)18-9-5-2-6-10-18/h1-16,25-26H. The van der Waals surface area contributed by atoms with Crippen molar-refractivity contribution in [2.45, 2.75) is 0 Å². The molecular weight excluding hydrogens is 336 g/mol. The van der Waals surface area contributed by atoms with Crippen LogP contribution in [0.15, 0.2) is 97.1 Å². The van der Waals surface area contributed by atoms with Crippen LogP contribution in [0.25, 0.3) is 22.3 Å². The smallest absolute Gasteiger partial charge is 0.135 e. The third-order valence-corrected chi connectivity index (χ3v) is 4.32. The van der Waals surface area contributed by atoms with E-state index in [2.05, 4.69) is 0 Å². The van der Waals surface area contributed by atoms with Crippen LogP contribution in [-0.2, 0) is 0 Å². The first-order valence-electron chi connectivity index (χ1n) is 8.65. The van der Waals surface area contributed by atoms with E-state index in [1.165, 1.54) is 0 Å². The van der Waals surface area contributed by atoms with E-state index in [0.717, 1.165) is 22.3 Å². The van der Waals surface area contributed by atoms with Crippen LogP contribution in [0.1, 0.15) is 0 Å². The van der Waals surface area contributed by atoms with E-state index < -0.39 is 0 Å². The Morgan fingerprint density at radius 2 is 0.889 bits per heavy atom. The molecule has 27 heavy (non-hydrogen) atoms. The fourth-order valence-electron chi connectivity index (χ4n) is 3.02. The van der Waals surface area contributed by atoms with Gasteiger partial charge in [0.25, 0.3) is 0 Å². The third kappa shape index (κ3) is 3.62. The summed E-state index contributed by atoms with van der Waals surface area (Å²) in [7, 11) is 0. The Morgan fingerprint density at radius 3 is 1.30 bits per heavy atom. The summed E-state index contributed by atoms with van der Waals surface area (Å²) in [6.07, 6.45) is 0. The van der Waals surface area contributed by atoms with Crippen molar-refractivity contribution in [2.24, 2.45) is 0 Å². The number of hydrogen-bond acceptors (Lipinski definition) is 3. The van der Waals surface area contributed by atoms with Crippen LogP contribution < -0.4 is 4.74 Å². The second-order valence-electron chi connectivity index (χ2n) is 6.20. The first kappa shape index (κ1) is 16.7. The topological polar surface area (TPSA) is 49.7 Å². The van der Waals surface area contributed by atoms with Gasteiger partial charge in [-0.2, -0.15) is 0 Å². The van der Waals surface area contributed by atoms with Gasteiger partial charge < -0.3 is 14.9 Å². The maximum absolute atomic E-state index is 9.95. The lowest BCUT2D eigenvalue weighted by molar-refractivity contribution is 0.461. The minimum absolute atomic E-state index is 0.176. The summed E-state index contributed by atoms with van der Waals surface area (Å²) >= 11 is 0. The molecule has 3 nitrogen and oxygen atoms in total. The molecule has 0 radical (unpaired) electrons. The summed E-state index contributed by atoms with van der Waals surface area (Å²) in [5, 5.41) is 19.9. The van der Waals surface area contributed by atoms with E-state index in [0.29, 0.717) is 11.5 Å². The molecule has 0 fully saturated rings. The molecule has 3 heteroatoms. The van der Waals surface area contributed by atoms with Crippen molar-refractivity contribution in [1.29, 1.82) is 0 Å². The van der Waals surface area contributed by atoms with Crippen LogP contribution in [-0.4, -0.2) is 10.2 Å². The number of phenols is 2. The van der Waals surface area contributed by atoms with Crippen molar-refractivity contribution in [3.63, 3.8) is 0 Å². The van der Waals surface area contributed by atoms with Gasteiger partial charge in [0.15, 0.2) is 0 Å². The van der Waals surface area contributed by atoms with Gasteiger partial charge in [0, 0.05) is 11.1 Å². The fraction of sp³-hybridized carbons (Fsp3) is 0. The summed E-state index contributed by atoms with van der Waals surface area (Å²) in [6.45, 7) is 0. The molecule has 0 amide bonds. The Morgan fingerprint density at radius 1 is 0.481 bits per heavy atom. The maximum Gasteiger partial charge on any atom is 0.135 e. The Bertz CT molecular complexity index is 970. The average molecular weight is 354 g/mol. The molecule has 4 aromatic carbocycles. The molecule has 4 aromatic rings. The van der Waals surface area contributed by atoms with Gasteiger partial charge in [0.05, 0.1) is 0 Å². The minimum Gasteiger partial charge on any atom is -0.508 e. The lowest BCUT2D eigenvalue weighted by Gasteiger charge is -2.15. The van der Waals surface area contributed by atoms with Gasteiger partial charge in [0.2, 0.25) is 0 Å². The SMILES string of the molecule is Oc1ccc(Oc2ccc(O)cc2-c2ccccc2)c(-c2ccccc2)c1. The largest absolute Gasteiger partial charge is 0.508 e. The number of aromatic hydroxyl groups is 2. The van der Waals surface area contributed by atoms with E-state index in [1.807, 2.05) is 60.7 Å². The first-order chi connectivity index (χ1) is 13.2. The van der Waals surface area contributed by atoms with Gasteiger partial charge in [-0.25, -0.2) is 0 Å². The van der Waals surface area contributed by atoms with Gasteiger partial charge in [0.1, 0.15) is 23.0 Å². The quantitative estimate of drug-likeness (QED) is 0.457. The number of ether oxygens (including phenoxy) is 1. The monoisotopic (exact) mass is 354 g/mol. The van der Waals surface area contributed by atoms with Crippen LogP contribution in [0, 0.1) is 0 Å². The highest BCUT2D eigenvalue weighted by Crippen LogP contribution is 2.40. The number of phenolic OH excluding ortho intramolecular Hbond substituents is 2. The van der Waals surface area contributed by atoms with E-state index >= 15 is 0 Å². The molecule has 0 aliphatic heterocycles. The predicted octanol–water partition coefficient (Wildman–Crippen LogP) is 6.22. The van der Waals surface area contributed by atoms with Gasteiger partial charge in [-0.05, 0) is 47.5 Å². The van der Waals surface area contributed by atoms with Crippen LogP contribution in [0.3, 0.4) is 0 Å². The zero-order chi connectivity index (χ0) is 18.6. The lowest BCUT2D eigenvalue weighted by Crippen LogP contribution is -1.91. The molecule has 0 saturated carbocycles. The lowest BCUT2D eigenvalue weighted by atomic mass is 10.0. The zero-order valence-corrected chi connectivity index (χ0v) is 14.5. The average Bonchev–Trinajstić information content (AvgIpc) is 2.72. The molecule has 0 heterocycles. The van der Waals surface area contributed by atoms with Crippen molar-refractivity contribution in [3.8, 4) is 45.3 Å². The predicted molar refractivity (Wildman–Crippen MR) is 107 cm³/mol. The van der Waals surface area contributed by atoms with Gasteiger partial charge in [-0.1, -0.05) is 60.7 Å². The second kappa shape index (κ2) is 7.26. The highest BCUT2D eigenvalue weighted by atomic mass is 16.5. The van der Waals surface area contributed by atoms with E-state index in [4.69, 9.17) is 4.74 Å². The van der Waals surface area contributed by atoms with Gasteiger partial charge in [-0.15, -0.1) is 0 Å². The number of hydrogen-bond donors (Lipinski definition) is 2. The van der Waals surface area contributed by atoms with E-state index in [-0.39, 0.29) is 11.5 Å². The molecule has 0 spiro atoms. The molecule has 0 aliphatic rings. The molecule has 0 saturated heterocycles. The molecule has 2 N–H and O–H groups in total. The molecular formula is C24H18O3. The normalized spacial score (nSPS) is 10.5. The summed E-state index contributed by atoms with van der Waals surface area (Å²) < 4.78 is 6.24. The summed E-state index contributed by atoms with van der Waals surface area (Å²) in [6, 6.07) is 29.6. The molecule has 0 atom stereocenters.